The number of benzene rings is 2. The van der Waals surface area contributed by atoms with Crippen LogP contribution in [0.5, 0.6) is 5.75 Å². The predicted molar refractivity (Wildman–Crippen MR) is 117 cm³/mol. The van der Waals surface area contributed by atoms with Crippen molar-refractivity contribution in [3.63, 3.8) is 0 Å². The van der Waals surface area contributed by atoms with Gasteiger partial charge in [0.15, 0.2) is 5.54 Å². The van der Waals surface area contributed by atoms with Crippen molar-refractivity contribution < 1.29 is 14.3 Å². The molecule has 2 aliphatic heterocycles. The average Bonchev–Trinajstić information content (AvgIpc) is 3.30. The summed E-state index contributed by atoms with van der Waals surface area (Å²) in [6.07, 6.45) is 1.46. The molecule has 4 rings (SSSR count). The molecule has 2 aromatic carbocycles. The number of likely N-dealkylation sites (tertiary alicyclic amines) is 1. The second-order valence-corrected chi connectivity index (χ2v) is 8.58. The maximum atomic E-state index is 13.7. The van der Waals surface area contributed by atoms with Crippen LogP contribution in [0.1, 0.15) is 24.0 Å². The van der Waals surface area contributed by atoms with Crippen LogP contribution < -0.4 is 10.1 Å². The van der Waals surface area contributed by atoms with Gasteiger partial charge in [-0.05, 0) is 25.0 Å². The van der Waals surface area contributed by atoms with Crippen LogP contribution in [0.25, 0.3) is 0 Å². The van der Waals surface area contributed by atoms with Gasteiger partial charge in [0.25, 0.3) is 5.91 Å². The molecule has 2 amide bonds. The number of halogens is 2. The number of carbonyl (C=O) groups excluding carboxylic acids is 2. The van der Waals surface area contributed by atoms with Crippen molar-refractivity contribution in [3.05, 3.63) is 57.6 Å². The van der Waals surface area contributed by atoms with E-state index < -0.39 is 11.6 Å². The highest BCUT2D eigenvalue weighted by Crippen LogP contribution is 2.52. The largest absolute Gasteiger partial charge is 0.495 e. The number of nitrogens with one attached hydrogen (secondary N) is 1. The Hall–Kier alpha value is -2.28. The first kappa shape index (κ1) is 21.0. The number of hydrogen-bond donors (Lipinski definition) is 1. The van der Waals surface area contributed by atoms with Gasteiger partial charge in [0.05, 0.1) is 23.9 Å². The summed E-state index contributed by atoms with van der Waals surface area (Å²) in [5, 5.41) is 3.82. The summed E-state index contributed by atoms with van der Waals surface area (Å²) in [6, 6.07) is 10.3. The van der Waals surface area contributed by atoms with E-state index in [4.69, 9.17) is 27.9 Å². The lowest BCUT2D eigenvalue weighted by molar-refractivity contribution is -0.138. The molecule has 0 spiro atoms. The molecule has 1 unspecified atom stereocenters. The van der Waals surface area contributed by atoms with Gasteiger partial charge >= 0.3 is 0 Å². The van der Waals surface area contributed by atoms with Crippen molar-refractivity contribution in [3.8, 4) is 5.75 Å². The molecule has 1 fully saturated rings. The van der Waals surface area contributed by atoms with Gasteiger partial charge in [0, 0.05) is 42.9 Å². The monoisotopic (exact) mass is 447 g/mol. The molecule has 8 heteroatoms. The first-order chi connectivity index (χ1) is 14.3. The number of rotatable bonds is 4. The zero-order valence-electron chi connectivity index (χ0n) is 17.0. The Morgan fingerprint density at radius 1 is 1.20 bits per heavy atom. The van der Waals surface area contributed by atoms with Gasteiger partial charge in [-0.15, -0.1) is 0 Å². The van der Waals surface area contributed by atoms with Crippen molar-refractivity contribution >= 4 is 40.7 Å². The first-order valence-electron chi connectivity index (χ1n) is 9.74. The summed E-state index contributed by atoms with van der Waals surface area (Å²) in [5.74, 6) is 0.168. The summed E-state index contributed by atoms with van der Waals surface area (Å²) < 4.78 is 5.34. The molecule has 30 heavy (non-hydrogen) atoms. The summed E-state index contributed by atoms with van der Waals surface area (Å²) >= 11 is 13.1. The van der Waals surface area contributed by atoms with Crippen LogP contribution in [0.3, 0.4) is 0 Å². The topological polar surface area (TPSA) is 61.9 Å². The minimum absolute atomic E-state index is 0.0419. The molecule has 158 valence electrons. The Kier molecular flexibility index (Phi) is 5.43. The summed E-state index contributed by atoms with van der Waals surface area (Å²) in [7, 11) is 4.98. The Balaban J connectivity index is 2.01. The molecule has 6 nitrogen and oxygen atoms in total. The number of hydrogen-bond acceptors (Lipinski definition) is 4. The minimum Gasteiger partial charge on any atom is -0.495 e. The third-order valence-corrected chi connectivity index (χ3v) is 6.56. The van der Waals surface area contributed by atoms with E-state index in [0.717, 1.165) is 6.42 Å². The van der Waals surface area contributed by atoms with Crippen LogP contribution in [-0.2, 0) is 15.1 Å². The molecule has 1 saturated heterocycles. The van der Waals surface area contributed by atoms with Crippen molar-refractivity contribution in [2.24, 2.45) is 0 Å². The Morgan fingerprint density at radius 3 is 2.60 bits per heavy atom. The average molecular weight is 448 g/mol. The Bertz CT molecular complexity index is 1030. The number of ether oxygens (including phenoxy) is 1. The van der Waals surface area contributed by atoms with E-state index in [-0.39, 0.29) is 11.8 Å². The van der Waals surface area contributed by atoms with E-state index in [1.54, 1.807) is 37.2 Å². The molecular formula is C22H23Cl2N3O3. The molecule has 2 aromatic rings. The number of methoxy groups -OCH3 is 1. The van der Waals surface area contributed by atoms with Crippen LogP contribution in [0, 0.1) is 0 Å². The molecule has 1 N–H and O–H groups in total. The van der Waals surface area contributed by atoms with Gasteiger partial charge in [-0.1, -0.05) is 41.4 Å². The summed E-state index contributed by atoms with van der Waals surface area (Å²) in [6.45, 7) is 0.575. The standard InChI is InChI=1S/C22H23Cl2N3O3/c1-26(2)20(28)18-9-6-10-27(18)22(13-7-4-5-8-15(13)23)14-11-16(24)19(30-3)12-17(14)25-21(22)29/h4-5,7-8,11-12,18H,6,9-10H2,1-3H3,(H,25,29)/t18-,22?/m0/s1. The number of likely N-dealkylation sites (N-methyl/N-ethyl adjacent to an activating group) is 1. The lowest BCUT2D eigenvalue weighted by Crippen LogP contribution is -2.57. The van der Waals surface area contributed by atoms with E-state index in [1.165, 1.54) is 7.11 Å². The zero-order chi connectivity index (χ0) is 21.6. The second-order valence-electron chi connectivity index (χ2n) is 7.76. The smallest absolute Gasteiger partial charge is 0.254 e. The number of nitrogens with zero attached hydrogens (tertiary/aromatic N) is 2. The maximum Gasteiger partial charge on any atom is 0.254 e. The van der Waals surface area contributed by atoms with Crippen molar-refractivity contribution in [2.45, 2.75) is 24.4 Å². The molecule has 0 radical (unpaired) electrons. The molecule has 2 aliphatic rings. The zero-order valence-corrected chi connectivity index (χ0v) is 18.5. The third kappa shape index (κ3) is 2.97. The Morgan fingerprint density at radius 2 is 1.93 bits per heavy atom. The van der Waals surface area contributed by atoms with E-state index >= 15 is 0 Å². The van der Waals surface area contributed by atoms with Gasteiger partial charge in [0.2, 0.25) is 5.91 Å². The van der Waals surface area contributed by atoms with E-state index in [9.17, 15) is 9.59 Å². The second kappa shape index (κ2) is 7.76. The minimum atomic E-state index is -1.27. The third-order valence-electron chi connectivity index (χ3n) is 5.93. The van der Waals surface area contributed by atoms with Crippen LogP contribution in [0.4, 0.5) is 5.69 Å². The quantitative estimate of drug-likeness (QED) is 0.774. The van der Waals surface area contributed by atoms with Crippen molar-refractivity contribution in [2.75, 3.05) is 33.1 Å². The molecule has 2 heterocycles. The molecule has 0 aromatic heterocycles. The molecular weight excluding hydrogens is 425 g/mol. The summed E-state index contributed by atoms with van der Waals surface area (Å²) in [4.78, 5) is 30.3. The SMILES string of the molecule is COc1cc2c(cc1Cl)C(c1ccccc1Cl)(N1CCC[C@H]1C(=O)N(C)C)C(=O)N2. The molecule has 0 saturated carbocycles. The van der Waals surface area contributed by atoms with Crippen molar-refractivity contribution in [1.82, 2.24) is 9.80 Å². The van der Waals surface area contributed by atoms with Crippen LogP contribution in [0.2, 0.25) is 10.0 Å². The number of fused-ring (bicyclic) bond motifs is 1. The normalized spacial score (nSPS) is 23.2. The van der Waals surface area contributed by atoms with Gasteiger partial charge in [-0.3, -0.25) is 14.5 Å². The van der Waals surface area contributed by atoms with Crippen molar-refractivity contribution in [1.29, 1.82) is 0 Å². The van der Waals surface area contributed by atoms with Gasteiger partial charge < -0.3 is 15.0 Å². The van der Waals surface area contributed by atoms with Gasteiger partial charge in [0.1, 0.15) is 5.75 Å². The highest BCUT2D eigenvalue weighted by molar-refractivity contribution is 6.33. The van der Waals surface area contributed by atoms with Crippen LogP contribution >= 0.6 is 23.2 Å². The van der Waals surface area contributed by atoms with E-state index in [0.29, 0.717) is 45.6 Å². The number of carbonyl (C=O) groups is 2. The lowest BCUT2D eigenvalue weighted by atomic mass is 9.81. The highest BCUT2D eigenvalue weighted by atomic mass is 35.5. The highest BCUT2D eigenvalue weighted by Gasteiger charge is 2.57. The summed E-state index contributed by atoms with van der Waals surface area (Å²) in [5.41, 5.74) is 0.632. The fourth-order valence-electron chi connectivity index (χ4n) is 4.63. The molecule has 0 bridgehead atoms. The fourth-order valence-corrected chi connectivity index (χ4v) is 5.15. The van der Waals surface area contributed by atoms with Crippen LogP contribution in [0.15, 0.2) is 36.4 Å². The maximum absolute atomic E-state index is 13.7. The van der Waals surface area contributed by atoms with E-state index in [1.807, 2.05) is 23.1 Å². The molecule has 2 atom stereocenters. The first-order valence-corrected chi connectivity index (χ1v) is 10.5. The van der Waals surface area contributed by atoms with Gasteiger partial charge in [-0.2, -0.15) is 0 Å². The predicted octanol–water partition coefficient (Wildman–Crippen LogP) is 3.75. The number of anilines is 1. The molecule has 0 aliphatic carbocycles. The van der Waals surface area contributed by atoms with Crippen LogP contribution in [-0.4, -0.2) is 55.4 Å². The van der Waals surface area contributed by atoms with E-state index in [2.05, 4.69) is 5.32 Å². The fraction of sp³-hybridized carbons (Fsp3) is 0.364. The lowest BCUT2D eigenvalue weighted by Gasteiger charge is -2.41. The van der Waals surface area contributed by atoms with Gasteiger partial charge in [-0.25, -0.2) is 0 Å². The Labute approximate surface area is 185 Å². The number of amides is 2.